The van der Waals surface area contributed by atoms with Crippen molar-refractivity contribution < 1.29 is 9.63 Å². The van der Waals surface area contributed by atoms with Crippen LogP contribution in [0.5, 0.6) is 0 Å². The second-order valence-electron chi connectivity index (χ2n) is 6.42. The first-order valence-electron chi connectivity index (χ1n) is 9.18. The average Bonchev–Trinajstić information content (AvgIpc) is 2.77. The van der Waals surface area contributed by atoms with Gasteiger partial charge in [-0.2, -0.15) is 4.99 Å². The largest absolute Gasteiger partial charge is 0.383 e. The van der Waals surface area contributed by atoms with Gasteiger partial charge in [0, 0.05) is 15.6 Å². The van der Waals surface area contributed by atoms with Crippen LogP contribution in [-0.4, -0.2) is 11.7 Å². The molecular weight excluding hydrogens is 503 g/mol. The zero-order chi connectivity index (χ0) is 22.2. The number of halogens is 3. The van der Waals surface area contributed by atoms with Gasteiger partial charge in [-0.15, -0.1) is 5.59 Å². The number of hydrazine groups is 1. The minimum absolute atomic E-state index is 0.111. The zero-order valence-corrected chi connectivity index (χ0v) is 19.2. The topological polar surface area (TPSA) is 88.7 Å². The van der Waals surface area contributed by atoms with Crippen molar-refractivity contribution in [2.24, 2.45) is 10.7 Å². The van der Waals surface area contributed by atoms with E-state index in [-0.39, 0.29) is 5.84 Å². The van der Waals surface area contributed by atoms with E-state index in [1.54, 1.807) is 48.5 Å². The summed E-state index contributed by atoms with van der Waals surface area (Å²) in [7, 11) is 0. The van der Waals surface area contributed by atoms with Gasteiger partial charge < -0.3 is 5.73 Å². The van der Waals surface area contributed by atoms with Gasteiger partial charge in [0.2, 0.25) is 0 Å². The summed E-state index contributed by atoms with van der Waals surface area (Å²) in [6.45, 7) is 0. The molecule has 0 fully saturated rings. The molecule has 160 valence electrons. The van der Waals surface area contributed by atoms with Crippen molar-refractivity contribution in [1.82, 2.24) is 11.0 Å². The van der Waals surface area contributed by atoms with E-state index in [4.69, 9.17) is 33.8 Å². The summed E-state index contributed by atoms with van der Waals surface area (Å²) >= 11 is 15.4. The SMILES string of the molecule is NC(=NC(=O)C(NNOC(Br)c1ccc(Cl)cc1)c1cccc(Cl)c1)c1ccccc1. The Morgan fingerprint density at radius 2 is 1.65 bits per heavy atom. The number of amidine groups is 1. The monoisotopic (exact) mass is 520 g/mol. The van der Waals surface area contributed by atoms with Crippen LogP contribution >= 0.6 is 39.1 Å². The molecule has 31 heavy (non-hydrogen) atoms. The molecule has 0 heterocycles. The molecule has 2 atom stereocenters. The first kappa shape index (κ1) is 23.4. The van der Waals surface area contributed by atoms with Gasteiger partial charge >= 0.3 is 0 Å². The lowest BCUT2D eigenvalue weighted by atomic mass is 10.1. The predicted molar refractivity (Wildman–Crippen MR) is 127 cm³/mol. The molecule has 3 aromatic carbocycles. The Balaban J connectivity index is 1.73. The number of benzene rings is 3. The van der Waals surface area contributed by atoms with Gasteiger partial charge in [-0.1, -0.05) is 93.7 Å². The van der Waals surface area contributed by atoms with E-state index in [2.05, 4.69) is 31.9 Å². The third-order valence-electron chi connectivity index (χ3n) is 4.23. The van der Waals surface area contributed by atoms with Crippen LogP contribution in [0, 0.1) is 0 Å². The minimum Gasteiger partial charge on any atom is -0.383 e. The molecule has 6 nitrogen and oxygen atoms in total. The van der Waals surface area contributed by atoms with Crippen LogP contribution in [0.15, 0.2) is 83.9 Å². The summed E-state index contributed by atoms with van der Waals surface area (Å²) in [4.78, 5) is 22.5. The maximum Gasteiger partial charge on any atom is 0.270 e. The third-order valence-corrected chi connectivity index (χ3v) is 5.43. The maximum atomic E-state index is 12.9. The number of nitrogens with one attached hydrogen (secondary N) is 2. The Morgan fingerprint density at radius 3 is 2.32 bits per heavy atom. The summed E-state index contributed by atoms with van der Waals surface area (Å²) in [5.41, 5.74) is 13.5. The highest BCUT2D eigenvalue weighted by molar-refractivity contribution is 9.09. The highest BCUT2D eigenvalue weighted by atomic mass is 79.9. The number of amides is 1. The van der Waals surface area contributed by atoms with Crippen molar-refractivity contribution in [2.45, 2.75) is 11.1 Å². The zero-order valence-electron chi connectivity index (χ0n) is 16.1. The smallest absolute Gasteiger partial charge is 0.270 e. The number of carbonyl (C=O) groups excluding carboxylic acids is 1. The van der Waals surface area contributed by atoms with Crippen LogP contribution in [0.2, 0.25) is 10.0 Å². The fourth-order valence-electron chi connectivity index (χ4n) is 2.66. The molecule has 3 rings (SSSR count). The number of aliphatic imine (C=N–C) groups is 1. The van der Waals surface area contributed by atoms with Gasteiger partial charge in [0.05, 0.1) is 0 Å². The Labute approximate surface area is 198 Å². The number of nitrogens with two attached hydrogens (primary N) is 1. The Kier molecular flexibility index (Phi) is 8.60. The number of carbonyl (C=O) groups is 1. The Hall–Kier alpha value is -2.26. The highest BCUT2D eigenvalue weighted by Crippen LogP contribution is 2.24. The number of alkyl halides is 1. The van der Waals surface area contributed by atoms with E-state index in [9.17, 15) is 4.79 Å². The number of hydrogen-bond acceptors (Lipinski definition) is 4. The molecule has 9 heteroatoms. The molecule has 0 saturated carbocycles. The maximum absolute atomic E-state index is 12.9. The van der Waals surface area contributed by atoms with Gasteiger partial charge in [-0.3, -0.25) is 9.63 Å². The Morgan fingerprint density at radius 1 is 0.935 bits per heavy atom. The second kappa shape index (κ2) is 11.4. The first-order valence-corrected chi connectivity index (χ1v) is 10.9. The molecule has 0 aliphatic carbocycles. The Bertz CT molecular complexity index is 1050. The summed E-state index contributed by atoms with van der Waals surface area (Å²) in [6, 6.07) is 22.1. The number of nitrogens with zero attached hydrogens (tertiary/aromatic N) is 1. The van der Waals surface area contributed by atoms with Gasteiger partial charge in [0.1, 0.15) is 11.9 Å². The van der Waals surface area contributed by atoms with Gasteiger partial charge in [0.25, 0.3) is 5.91 Å². The molecular formula is C22H19BrCl2N4O2. The first-order chi connectivity index (χ1) is 14.9. The van der Waals surface area contributed by atoms with E-state index in [0.717, 1.165) is 5.56 Å². The van der Waals surface area contributed by atoms with Crippen LogP contribution in [-0.2, 0) is 9.63 Å². The molecule has 0 saturated heterocycles. The molecule has 0 radical (unpaired) electrons. The van der Waals surface area contributed by atoms with E-state index in [1.165, 1.54) is 0 Å². The predicted octanol–water partition coefficient (Wildman–Crippen LogP) is 5.09. The van der Waals surface area contributed by atoms with Crippen molar-refractivity contribution >= 4 is 50.9 Å². The lowest BCUT2D eigenvalue weighted by Gasteiger charge is -2.19. The lowest BCUT2D eigenvalue weighted by Crippen LogP contribution is -2.39. The fourth-order valence-corrected chi connectivity index (χ4v) is 3.38. The molecule has 0 aliphatic rings. The molecule has 2 unspecified atom stereocenters. The van der Waals surface area contributed by atoms with Crippen LogP contribution < -0.4 is 16.7 Å². The standard InChI is InChI=1S/C22H19BrCl2N4O2/c23-20(14-9-11-17(24)12-10-14)31-29-28-19(16-7-4-8-18(25)13-16)22(30)27-21(26)15-5-2-1-3-6-15/h1-13,19-20,28-29H,(H2,26,27,30). The molecule has 0 aromatic heterocycles. The fraction of sp³-hybridized carbons (Fsp3) is 0.0909. The molecule has 0 spiro atoms. The van der Waals surface area contributed by atoms with E-state index in [0.29, 0.717) is 21.2 Å². The van der Waals surface area contributed by atoms with Crippen LogP contribution in [0.25, 0.3) is 0 Å². The normalized spacial score (nSPS) is 13.6. The van der Waals surface area contributed by atoms with Crippen molar-refractivity contribution in [3.8, 4) is 0 Å². The average molecular weight is 522 g/mol. The van der Waals surface area contributed by atoms with Gasteiger partial charge in [0.15, 0.2) is 5.01 Å². The van der Waals surface area contributed by atoms with Crippen LogP contribution in [0.3, 0.4) is 0 Å². The van der Waals surface area contributed by atoms with Crippen LogP contribution in [0.1, 0.15) is 27.7 Å². The lowest BCUT2D eigenvalue weighted by molar-refractivity contribution is -0.122. The van der Waals surface area contributed by atoms with Crippen molar-refractivity contribution in [2.75, 3.05) is 0 Å². The van der Waals surface area contributed by atoms with Crippen molar-refractivity contribution in [3.63, 3.8) is 0 Å². The van der Waals surface area contributed by atoms with Crippen LogP contribution in [0.4, 0.5) is 0 Å². The molecule has 4 N–H and O–H groups in total. The summed E-state index contributed by atoms with van der Waals surface area (Å²) in [5.74, 6) is -0.405. The summed E-state index contributed by atoms with van der Waals surface area (Å²) in [6.07, 6.45) is 0. The minimum atomic E-state index is -0.897. The van der Waals surface area contributed by atoms with Gasteiger partial charge in [-0.05, 0) is 35.4 Å². The van der Waals surface area contributed by atoms with E-state index in [1.807, 2.05) is 30.3 Å². The van der Waals surface area contributed by atoms with E-state index < -0.39 is 17.0 Å². The molecule has 0 aliphatic heterocycles. The summed E-state index contributed by atoms with van der Waals surface area (Å²) in [5, 5.41) is 0.609. The third kappa shape index (κ3) is 6.87. The highest BCUT2D eigenvalue weighted by Gasteiger charge is 2.21. The number of rotatable bonds is 8. The molecule has 0 bridgehead atoms. The van der Waals surface area contributed by atoms with E-state index >= 15 is 0 Å². The van der Waals surface area contributed by atoms with Gasteiger partial charge in [-0.25, -0.2) is 5.43 Å². The summed E-state index contributed by atoms with van der Waals surface area (Å²) < 4.78 is 0. The van der Waals surface area contributed by atoms with Crippen molar-refractivity contribution in [3.05, 3.63) is 106 Å². The molecule has 1 amide bonds. The molecule has 3 aromatic rings. The van der Waals surface area contributed by atoms with Crippen molar-refractivity contribution in [1.29, 1.82) is 0 Å². The quantitative estimate of drug-likeness (QED) is 0.166. The second-order valence-corrected chi connectivity index (χ2v) is 8.13. The number of hydrogen-bond donors (Lipinski definition) is 3.